The van der Waals surface area contributed by atoms with Crippen LogP contribution in [0.1, 0.15) is 19.8 Å². The maximum atomic E-state index is 13.1. The quantitative estimate of drug-likeness (QED) is 0.831. The van der Waals surface area contributed by atoms with Crippen molar-refractivity contribution >= 4 is 29.2 Å². The second-order valence-corrected chi connectivity index (χ2v) is 7.77. The maximum absolute atomic E-state index is 13.1. The van der Waals surface area contributed by atoms with E-state index in [9.17, 15) is 4.79 Å². The zero-order chi connectivity index (χ0) is 20.9. The number of carbonyl (C=O) groups is 1. The number of nitrogens with zero attached hydrogens (tertiary/aromatic N) is 7. The molecule has 1 N–H and O–H groups in total. The first-order chi connectivity index (χ1) is 14.7. The summed E-state index contributed by atoms with van der Waals surface area (Å²) in [7, 11) is 2.16. The summed E-state index contributed by atoms with van der Waals surface area (Å²) in [4.78, 5) is 34.9. The minimum absolute atomic E-state index is 0.215. The molecule has 0 aromatic carbocycles. The Morgan fingerprint density at radius 2 is 1.93 bits per heavy atom. The summed E-state index contributed by atoms with van der Waals surface area (Å²) in [6.45, 7) is 8.54. The lowest BCUT2D eigenvalue weighted by Gasteiger charge is -2.28. The zero-order valence-corrected chi connectivity index (χ0v) is 17.8. The Morgan fingerprint density at radius 3 is 2.73 bits per heavy atom. The molecule has 160 valence electrons. The smallest absolute Gasteiger partial charge is 0.328 e. The molecule has 0 unspecified atom stereocenters. The molecule has 9 heteroatoms. The number of fused-ring (bicyclic) bond motifs is 1. The fourth-order valence-corrected chi connectivity index (χ4v) is 4.04. The number of hydrogen-bond donors (Lipinski definition) is 1. The largest absolute Gasteiger partial charge is 0.369 e. The van der Waals surface area contributed by atoms with E-state index in [0.29, 0.717) is 12.4 Å². The van der Waals surface area contributed by atoms with Crippen LogP contribution in [0, 0.1) is 0 Å². The van der Waals surface area contributed by atoms with E-state index in [-0.39, 0.29) is 6.03 Å². The van der Waals surface area contributed by atoms with Crippen molar-refractivity contribution in [2.45, 2.75) is 19.8 Å². The van der Waals surface area contributed by atoms with Crippen LogP contribution in [0.25, 0.3) is 0 Å². The minimum atomic E-state index is -0.215. The molecule has 4 rings (SSSR count). The molecule has 1 saturated heterocycles. The monoisotopic (exact) mass is 410 g/mol. The number of likely N-dealkylation sites (N-methyl/N-ethyl adjacent to an activating group) is 1. The molecule has 0 spiro atoms. The van der Waals surface area contributed by atoms with Crippen molar-refractivity contribution in [1.82, 2.24) is 19.9 Å². The van der Waals surface area contributed by atoms with Gasteiger partial charge in [0, 0.05) is 45.5 Å². The normalized spacial score (nSPS) is 17.9. The number of rotatable bonds is 3. The summed E-state index contributed by atoms with van der Waals surface area (Å²) < 4.78 is 0. The second kappa shape index (κ2) is 9.25. The maximum Gasteiger partial charge on any atom is 0.328 e. The van der Waals surface area contributed by atoms with Crippen LogP contribution in [0.2, 0.25) is 0 Å². The van der Waals surface area contributed by atoms with E-state index < -0.39 is 0 Å². The standard InChI is InChI=1S/C21H30N8O/c1-3-27-11-5-13-29(21(30)24-18-8-9-22-16-23-18)20-17(27)6-7-19(25-20)28-12-4-10-26(2)14-15-28/h6-9,16H,3-5,10-15H2,1-2H3,(H,22,23,24,30). The van der Waals surface area contributed by atoms with Crippen molar-refractivity contribution in [3.8, 4) is 0 Å². The lowest BCUT2D eigenvalue weighted by Crippen LogP contribution is -2.37. The van der Waals surface area contributed by atoms with Crippen molar-refractivity contribution in [3.05, 3.63) is 30.7 Å². The molecule has 2 aromatic rings. The van der Waals surface area contributed by atoms with Crippen molar-refractivity contribution in [3.63, 3.8) is 0 Å². The summed E-state index contributed by atoms with van der Waals surface area (Å²) in [5.41, 5.74) is 1.00. The first-order valence-corrected chi connectivity index (χ1v) is 10.7. The van der Waals surface area contributed by atoms with E-state index in [1.807, 2.05) is 0 Å². The van der Waals surface area contributed by atoms with E-state index in [4.69, 9.17) is 4.98 Å². The Kier molecular flexibility index (Phi) is 6.27. The SMILES string of the molecule is CCN1CCCN(C(=O)Nc2ccncn2)c2nc(N3CCCN(C)CC3)ccc21. The van der Waals surface area contributed by atoms with Crippen molar-refractivity contribution in [2.24, 2.45) is 0 Å². The first-order valence-electron chi connectivity index (χ1n) is 10.7. The summed E-state index contributed by atoms with van der Waals surface area (Å²) in [6, 6.07) is 5.69. The average molecular weight is 411 g/mol. The molecule has 0 saturated carbocycles. The van der Waals surface area contributed by atoms with Crippen molar-refractivity contribution in [2.75, 3.05) is 72.9 Å². The van der Waals surface area contributed by atoms with Crippen molar-refractivity contribution < 1.29 is 4.79 Å². The van der Waals surface area contributed by atoms with Crippen molar-refractivity contribution in [1.29, 1.82) is 0 Å². The number of nitrogens with one attached hydrogen (secondary N) is 1. The number of carbonyl (C=O) groups excluding carboxylic acids is 1. The lowest BCUT2D eigenvalue weighted by atomic mass is 10.3. The Balaban J connectivity index is 1.65. The van der Waals surface area contributed by atoms with Gasteiger partial charge in [0.25, 0.3) is 0 Å². The van der Waals surface area contributed by atoms with E-state index in [1.165, 1.54) is 6.33 Å². The van der Waals surface area contributed by atoms with Gasteiger partial charge in [0.1, 0.15) is 18.0 Å². The van der Waals surface area contributed by atoms with Crippen LogP contribution in [-0.2, 0) is 0 Å². The average Bonchev–Trinajstić information content (AvgIpc) is 3.09. The van der Waals surface area contributed by atoms with Gasteiger partial charge in [0.15, 0.2) is 5.82 Å². The number of anilines is 4. The fourth-order valence-electron chi connectivity index (χ4n) is 4.04. The molecule has 2 aliphatic rings. The predicted molar refractivity (Wildman–Crippen MR) is 119 cm³/mol. The molecule has 0 radical (unpaired) electrons. The highest BCUT2D eigenvalue weighted by Gasteiger charge is 2.27. The van der Waals surface area contributed by atoms with Crippen LogP contribution in [0.3, 0.4) is 0 Å². The zero-order valence-electron chi connectivity index (χ0n) is 17.8. The number of urea groups is 1. The molecule has 2 aromatic heterocycles. The van der Waals surface area contributed by atoms with Crippen LogP contribution < -0.4 is 20.0 Å². The molecule has 2 amide bonds. The van der Waals surface area contributed by atoms with E-state index in [0.717, 1.165) is 69.4 Å². The molecule has 4 heterocycles. The Bertz CT molecular complexity index is 861. The Labute approximate surface area is 177 Å². The highest BCUT2D eigenvalue weighted by atomic mass is 16.2. The molecular weight excluding hydrogens is 380 g/mol. The number of pyridine rings is 1. The molecule has 30 heavy (non-hydrogen) atoms. The van der Waals surface area contributed by atoms with Gasteiger partial charge in [-0.1, -0.05) is 0 Å². The van der Waals surface area contributed by atoms with Crippen LogP contribution in [0.5, 0.6) is 0 Å². The van der Waals surface area contributed by atoms with E-state index in [2.05, 4.69) is 56.1 Å². The molecule has 2 aliphatic heterocycles. The first kappa shape index (κ1) is 20.3. The second-order valence-electron chi connectivity index (χ2n) is 7.77. The molecule has 0 bridgehead atoms. The van der Waals surface area contributed by atoms with Crippen LogP contribution >= 0.6 is 0 Å². The summed E-state index contributed by atoms with van der Waals surface area (Å²) in [6.07, 6.45) is 5.03. The van der Waals surface area contributed by atoms with Crippen LogP contribution in [0.4, 0.5) is 27.9 Å². The van der Waals surface area contributed by atoms with Gasteiger partial charge in [-0.15, -0.1) is 0 Å². The van der Waals surface area contributed by atoms with Crippen LogP contribution in [0.15, 0.2) is 30.7 Å². The van der Waals surface area contributed by atoms with Gasteiger partial charge in [-0.25, -0.2) is 19.7 Å². The number of aromatic nitrogens is 3. The predicted octanol–water partition coefficient (Wildman–Crippen LogP) is 2.28. The third-order valence-electron chi connectivity index (χ3n) is 5.73. The summed E-state index contributed by atoms with van der Waals surface area (Å²) in [5.74, 6) is 2.14. The highest BCUT2D eigenvalue weighted by Crippen LogP contribution is 2.33. The molecular formula is C21H30N8O. The third kappa shape index (κ3) is 4.46. The van der Waals surface area contributed by atoms with Gasteiger partial charge < -0.3 is 14.7 Å². The molecule has 0 atom stereocenters. The number of hydrogen-bond acceptors (Lipinski definition) is 7. The Hall–Kier alpha value is -2.94. The fraction of sp³-hybridized carbons (Fsp3) is 0.524. The lowest BCUT2D eigenvalue weighted by molar-refractivity contribution is 0.256. The molecule has 0 aliphatic carbocycles. The van der Waals surface area contributed by atoms with E-state index >= 15 is 0 Å². The van der Waals surface area contributed by atoms with E-state index in [1.54, 1.807) is 17.2 Å². The van der Waals surface area contributed by atoms with Crippen LogP contribution in [-0.4, -0.2) is 78.7 Å². The third-order valence-corrected chi connectivity index (χ3v) is 5.73. The Morgan fingerprint density at radius 1 is 1.07 bits per heavy atom. The number of amides is 2. The molecule has 1 fully saturated rings. The topological polar surface area (TPSA) is 80.7 Å². The van der Waals surface area contributed by atoms with Gasteiger partial charge in [0.05, 0.1) is 5.69 Å². The van der Waals surface area contributed by atoms with Gasteiger partial charge >= 0.3 is 6.03 Å². The minimum Gasteiger partial charge on any atom is -0.369 e. The highest BCUT2D eigenvalue weighted by molar-refractivity contribution is 6.02. The van der Waals surface area contributed by atoms with Gasteiger partial charge in [-0.05, 0) is 51.6 Å². The van der Waals surface area contributed by atoms with Gasteiger partial charge in [0.2, 0.25) is 0 Å². The molecule has 9 nitrogen and oxygen atoms in total. The summed E-state index contributed by atoms with van der Waals surface area (Å²) in [5, 5.41) is 2.89. The van der Waals surface area contributed by atoms with Gasteiger partial charge in [-0.2, -0.15) is 0 Å². The summed E-state index contributed by atoms with van der Waals surface area (Å²) >= 11 is 0. The van der Waals surface area contributed by atoms with Gasteiger partial charge in [-0.3, -0.25) is 10.2 Å².